The van der Waals surface area contributed by atoms with Crippen LogP contribution in [-0.2, 0) is 0 Å². The van der Waals surface area contributed by atoms with E-state index in [1.54, 1.807) is 0 Å². The first-order chi connectivity index (χ1) is 6.02. The van der Waals surface area contributed by atoms with Crippen LogP contribution >= 0.6 is 15.9 Å². The SMILES string of the molecule is C=C(C)C(O)c1ccc(C)cc1Br. The average Bonchev–Trinajstić information content (AvgIpc) is 2.03. The van der Waals surface area contributed by atoms with E-state index in [0.717, 1.165) is 15.6 Å². The highest BCUT2D eigenvalue weighted by Gasteiger charge is 2.10. The maximum Gasteiger partial charge on any atom is 0.101 e. The van der Waals surface area contributed by atoms with Crippen LogP contribution in [0, 0.1) is 6.92 Å². The zero-order valence-corrected chi connectivity index (χ0v) is 9.43. The normalized spacial score (nSPS) is 12.6. The Morgan fingerprint density at radius 2 is 2.15 bits per heavy atom. The zero-order valence-electron chi connectivity index (χ0n) is 7.84. The van der Waals surface area contributed by atoms with Gasteiger partial charge in [-0.25, -0.2) is 0 Å². The van der Waals surface area contributed by atoms with Gasteiger partial charge in [-0.15, -0.1) is 0 Å². The lowest BCUT2D eigenvalue weighted by atomic mass is 10.0. The van der Waals surface area contributed by atoms with Gasteiger partial charge in [-0.3, -0.25) is 0 Å². The van der Waals surface area contributed by atoms with E-state index in [9.17, 15) is 5.11 Å². The molecule has 1 nitrogen and oxygen atoms in total. The summed E-state index contributed by atoms with van der Waals surface area (Å²) in [7, 11) is 0. The molecule has 70 valence electrons. The summed E-state index contributed by atoms with van der Waals surface area (Å²) >= 11 is 3.41. The second-order valence-corrected chi connectivity index (χ2v) is 4.13. The van der Waals surface area contributed by atoms with E-state index in [1.807, 2.05) is 32.0 Å². The van der Waals surface area contributed by atoms with Crippen molar-refractivity contribution in [1.82, 2.24) is 0 Å². The Labute approximate surface area is 87.2 Å². The number of rotatable bonds is 2. The minimum absolute atomic E-state index is 0.574. The summed E-state index contributed by atoms with van der Waals surface area (Å²) in [5, 5.41) is 9.74. The fourth-order valence-electron chi connectivity index (χ4n) is 1.12. The molecule has 0 aliphatic heterocycles. The Morgan fingerprint density at radius 3 is 2.62 bits per heavy atom. The van der Waals surface area contributed by atoms with E-state index in [-0.39, 0.29) is 0 Å². The molecule has 0 fully saturated rings. The van der Waals surface area contributed by atoms with Crippen molar-refractivity contribution in [3.8, 4) is 0 Å². The van der Waals surface area contributed by atoms with Crippen LogP contribution in [0.25, 0.3) is 0 Å². The van der Waals surface area contributed by atoms with Crippen LogP contribution in [-0.4, -0.2) is 5.11 Å². The number of aliphatic hydroxyl groups excluding tert-OH is 1. The second-order valence-electron chi connectivity index (χ2n) is 3.27. The Balaban J connectivity index is 3.08. The fourth-order valence-corrected chi connectivity index (χ4v) is 1.83. The maximum absolute atomic E-state index is 9.74. The number of halogens is 1. The number of benzene rings is 1. The Morgan fingerprint density at radius 1 is 1.54 bits per heavy atom. The second kappa shape index (κ2) is 4.07. The summed E-state index contributed by atoms with van der Waals surface area (Å²) in [5.74, 6) is 0. The third-order valence-electron chi connectivity index (χ3n) is 1.92. The summed E-state index contributed by atoms with van der Waals surface area (Å²) in [5.41, 5.74) is 2.80. The standard InChI is InChI=1S/C11H13BrO/c1-7(2)11(13)9-5-4-8(3)6-10(9)12/h4-6,11,13H,1H2,2-3H3. The van der Waals surface area contributed by atoms with Gasteiger partial charge in [-0.2, -0.15) is 0 Å². The van der Waals surface area contributed by atoms with Gasteiger partial charge in [0.15, 0.2) is 0 Å². The van der Waals surface area contributed by atoms with Crippen LogP contribution in [0.15, 0.2) is 34.8 Å². The number of aliphatic hydroxyl groups is 1. The van der Waals surface area contributed by atoms with E-state index in [2.05, 4.69) is 22.5 Å². The molecule has 1 aromatic carbocycles. The third kappa shape index (κ3) is 2.42. The van der Waals surface area contributed by atoms with Crippen molar-refractivity contribution in [3.63, 3.8) is 0 Å². The molecule has 0 aliphatic rings. The van der Waals surface area contributed by atoms with Gasteiger partial charge in [0.2, 0.25) is 0 Å². The van der Waals surface area contributed by atoms with Crippen LogP contribution in [0.4, 0.5) is 0 Å². The van der Waals surface area contributed by atoms with Crippen molar-refractivity contribution in [2.45, 2.75) is 20.0 Å². The summed E-state index contributed by atoms with van der Waals surface area (Å²) in [4.78, 5) is 0. The molecule has 0 saturated carbocycles. The zero-order chi connectivity index (χ0) is 10.0. The van der Waals surface area contributed by atoms with Crippen LogP contribution in [0.5, 0.6) is 0 Å². The topological polar surface area (TPSA) is 20.2 Å². The van der Waals surface area contributed by atoms with E-state index < -0.39 is 6.10 Å². The fraction of sp³-hybridized carbons (Fsp3) is 0.273. The Bertz CT molecular complexity index is 331. The van der Waals surface area contributed by atoms with E-state index in [0.29, 0.717) is 0 Å². The first-order valence-corrected chi connectivity index (χ1v) is 4.91. The third-order valence-corrected chi connectivity index (χ3v) is 2.60. The summed E-state index contributed by atoms with van der Waals surface area (Å²) in [6.07, 6.45) is -0.574. The van der Waals surface area contributed by atoms with Gasteiger partial charge in [-0.05, 0) is 36.6 Å². The molecule has 0 amide bonds. The highest BCUT2D eigenvalue weighted by atomic mass is 79.9. The molecule has 1 aromatic rings. The molecule has 0 radical (unpaired) electrons. The lowest BCUT2D eigenvalue weighted by Gasteiger charge is -2.12. The molecule has 0 saturated heterocycles. The molecule has 1 rings (SSSR count). The number of hydrogen-bond acceptors (Lipinski definition) is 1. The van der Waals surface area contributed by atoms with E-state index >= 15 is 0 Å². The first kappa shape index (κ1) is 10.5. The van der Waals surface area contributed by atoms with E-state index in [1.165, 1.54) is 5.56 Å². The molecule has 0 spiro atoms. The summed E-state index contributed by atoms with van der Waals surface area (Å²) in [6, 6.07) is 5.88. The number of hydrogen-bond donors (Lipinski definition) is 1. The quantitative estimate of drug-likeness (QED) is 0.787. The van der Waals surface area contributed by atoms with Gasteiger partial charge in [0.25, 0.3) is 0 Å². The minimum Gasteiger partial charge on any atom is -0.384 e. The molecule has 1 N–H and O–H groups in total. The molecule has 2 heteroatoms. The van der Waals surface area contributed by atoms with Crippen molar-refractivity contribution >= 4 is 15.9 Å². The van der Waals surface area contributed by atoms with Gasteiger partial charge in [0.05, 0.1) is 0 Å². The highest BCUT2D eigenvalue weighted by Crippen LogP contribution is 2.28. The molecule has 0 heterocycles. The predicted molar refractivity (Wildman–Crippen MR) is 58.7 cm³/mol. The molecule has 1 atom stereocenters. The van der Waals surface area contributed by atoms with E-state index in [4.69, 9.17) is 0 Å². The molecule has 1 unspecified atom stereocenters. The molecule has 0 aromatic heterocycles. The van der Waals surface area contributed by atoms with Gasteiger partial charge < -0.3 is 5.11 Å². The van der Waals surface area contributed by atoms with Crippen LogP contribution in [0.2, 0.25) is 0 Å². The first-order valence-electron chi connectivity index (χ1n) is 4.12. The van der Waals surface area contributed by atoms with Crippen molar-refractivity contribution in [3.05, 3.63) is 46.0 Å². The monoisotopic (exact) mass is 240 g/mol. The smallest absolute Gasteiger partial charge is 0.101 e. The lowest BCUT2D eigenvalue weighted by Crippen LogP contribution is -1.99. The molecule has 13 heavy (non-hydrogen) atoms. The Kier molecular flexibility index (Phi) is 3.28. The minimum atomic E-state index is -0.574. The summed E-state index contributed by atoms with van der Waals surface area (Å²) < 4.78 is 0.933. The van der Waals surface area contributed by atoms with Crippen LogP contribution in [0.1, 0.15) is 24.2 Å². The molecule has 0 aliphatic carbocycles. The predicted octanol–water partition coefficient (Wildman–Crippen LogP) is 3.37. The van der Waals surface area contributed by atoms with Crippen molar-refractivity contribution in [2.24, 2.45) is 0 Å². The van der Waals surface area contributed by atoms with Gasteiger partial charge >= 0.3 is 0 Å². The summed E-state index contributed by atoms with van der Waals surface area (Å²) in [6.45, 7) is 7.56. The van der Waals surface area contributed by atoms with Crippen molar-refractivity contribution < 1.29 is 5.11 Å². The largest absolute Gasteiger partial charge is 0.384 e. The number of aryl methyl sites for hydroxylation is 1. The van der Waals surface area contributed by atoms with Gasteiger partial charge in [0.1, 0.15) is 6.10 Å². The van der Waals surface area contributed by atoms with Gasteiger partial charge in [0, 0.05) is 4.47 Å². The van der Waals surface area contributed by atoms with Crippen LogP contribution in [0.3, 0.4) is 0 Å². The average molecular weight is 241 g/mol. The van der Waals surface area contributed by atoms with Gasteiger partial charge in [-0.1, -0.05) is 34.6 Å². The molecular weight excluding hydrogens is 228 g/mol. The van der Waals surface area contributed by atoms with Crippen LogP contribution < -0.4 is 0 Å². The lowest BCUT2D eigenvalue weighted by molar-refractivity contribution is 0.215. The van der Waals surface area contributed by atoms with Crippen molar-refractivity contribution in [2.75, 3.05) is 0 Å². The maximum atomic E-state index is 9.74. The molecular formula is C11H13BrO. The van der Waals surface area contributed by atoms with Crippen molar-refractivity contribution in [1.29, 1.82) is 0 Å². The highest BCUT2D eigenvalue weighted by molar-refractivity contribution is 9.10. The Hall–Kier alpha value is -0.600. The molecule has 0 bridgehead atoms.